The van der Waals surface area contributed by atoms with Gasteiger partial charge in [0.05, 0.1) is 10.5 Å². The average Bonchev–Trinajstić information content (AvgIpc) is 2.98. The summed E-state index contributed by atoms with van der Waals surface area (Å²) in [5.41, 5.74) is 4.30. The van der Waals surface area contributed by atoms with E-state index in [-0.39, 0.29) is 17.1 Å². The smallest absolute Gasteiger partial charge is 0.243 e. The van der Waals surface area contributed by atoms with Gasteiger partial charge >= 0.3 is 0 Å². The summed E-state index contributed by atoms with van der Waals surface area (Å²) in [5.74, 6) is -0.196. The van der Waals surface area contributed by atoms with E-state index < -0.39 is 0 Å². The average molecular weight is 455 g/mol. The molecule has 30 heavy (non-hydrogen) atoms. The van der Waals surface area contributed by atoms with Gasteiger partial charge in [-0.05, 0) is 36.8 Å². The first-order chi connectivity index (χ1) is 14.2. The number of nitrogens with one attached hydrogen (secondary N) is 1. The number of rotatable bonds is 7. The first-order valence-electron chi connectivity index (χ1n) is 10.7. The van der Waals surface area contributed by atoms with E-state index in [2.05, 4.69) is 18.4 Å². The number of carbonyl (C=O) groups is 2. The molecule has 0 atom stereocenters. The molecule has 0 saturated heterocycles. The maximum atomic E-state index is 12.9. The van der Waals surface area contributed by atoms with Crippen molar-refractivity contribution in [1.82, 2.24) is 10.0 Å². The number of aryl methyl sites for hydroxylation is 1. The van der Waals surface area contributed by atoms with Crippen molar-refractivity contribution in [2.45, 2.75) is 79.2 Å². The molecule has 1 aliphatic rings. The number of halogens is 2. The van der Waals surface area contributed by atoms with Crippen LogP contribution in [0.5, 0.6) is 0 Å². The number of hydrogen-bond acceptors (Lipinski definition) is 3. The third-order valence-corrected chi connectivity index (χ3v) is 5.91. The largest absolute Gasteiger partial charge is 0.343 e. The zero-order valence-electron chi connectivity index (χ0n) is 18.3. The molecule has 1 amide bonds. The third kappa shape index (κ3) is 5.57. The second kappa shape index (κ2) is 10.7. The van der Waals surface area contributed by atoms with Crippen molar-refractivity contribution in [3.05, 3.63) is 33.4 Å². The molecule has 1 aromatic carbocycles. The van der Waals surface area contributed by atoms with Crippen molar-refractivity contribution in [3.8, 4) is 0 Å². The quantitative estimate of drug-likeness (QED) is 0.281. The van der Waals surface area contributed by atoms with Crippen molar-refractivity contribution >= 4 is 45.8 Å². The van der Waals surface area contributed by atoms with Gasteiger partial charge in [-0.15, -0.1) is 0 Å². The Morgan fingerprint density at radius 3 is 2.47 bits per heavy atom. The summed E-state index contributed by atoms with van der Waals surface area (Å²) in [4.78, 5) is 24.0. The van der Waals surface area contributed by atoms with E-state index in [1.807, 2.05) is 19.9 Å². The number of hydrogen-bond donors (Lipinski definition) is 2. The lowest BCUT2D eigenvalue weighted by Gasteiger charge is -2.30. The minimum absolute atomic E-state index is 0.0792. The SMILES string of the molecule is CC.CC1(C)CC(=O)c2c(n(CCCCCCC(=O)NO)c3c(Cl)cc(Cl)cc23)C1. The maximum absolute atomic E-state index is 12.9. The van der Waals surface area contributed by atoms with Crippen molar-refractivity contribution in [2.75, 3.05) is 0 Å². The molecule has 0 unspecified atom stereocenters. The Morgan fingerprint density at radius 2 is 1.80 bits per heavy atom. The number of ketones is 1. The van der Waals surface area contributed by atoms with E-state index in [4.69, 9.17) is 28.4 Å². The number of Topliss-reactive ketones (excluding diaryl/α,β-unsaturated/α-hetero) is 1. The second-order valence-electron chi connectivity index (χ2n) is 8.40. The minimum Gasteiger partial charge on any atom is -0.343 e. The van der Waals surface area contributed by atoms with E-state index in [0.29, 0.717) is 22.9 Å². The van der Waals surface area contributed by atoms with Crippen LogP contribution in [0.15, 0.2) is 12.1 Å². The van der Waals surface area contributed by atoms with Crippen LogP contribution in [0.1, 0.15) is 82.3 Å². The second-order valence-corrected chi connectivity index (χ2v) is 9.24. The van der Waals surface area contributed by atoms with Gasteiger partial charge < -0.3 is 4.57 Å². The molecule has 0 bridgehead atoms. The fourth-order valence-corrected chi connectivity index (χ4v) is 4.80. The number of aromatic nitrogens is 1. The highest BCUT2D eigenvalue weighted by Gasteiger charge is 2.35. The molecule has 7 heteroatoms. The summed E-state index contributed by atoms with van der Waals surface area (Å²) in [5, 5.41) is 10.5. The monoisotopic (exact) mass is 454 g/mol. The van der Waals surface area contributed by atoms with Crippen LogP contribution < -0.4 is 5.48 Å². The molecule has 0 radical (unpaired) electrons. The molecule has 0 saturated carbocycles. The normalized spacial score (nSPS) is 14.8. The molecule has 2 N–H and O–H groups in total. The number of unbranched alkanes of at least 4 members (excludes halogenated alkanes) is 3. The number of fused-ring (bicyclic) bond motifs is 3. The Labute approximate surface area is 188 Å². The fourth-order valence-electron chi connectivity index (χ4n) is 4.20. The molecule has 5 nitrogen and oxygen atoms in total. The first kappa shape index (κ1) is 24.7. The van der Waals surface area contributed by atoms with Crippen LogP contribution in [0, 0.1) is 5.41 Å². The number of benzene rings is 1. The van der Waals surface area contributed by atoms with Crippen molar-refractivity contribution in [1.29, 1.82) is 0 Å². The zero-order chi connectivity index (χ0) is 22.5. The highest BCUT2D eigenvalue weighted by Crippen LogP contribution is 2.42. The van der Waals surface area contributed by atoms with Crippen LogP contribution >= 0.6 is 23.2 Å². The summed E-state index contributed by atoms with van der Waals surface area (Å²) < 4.78 is 2.20. The van der Waals surface area contributed by atoms with Gasteiger partial charge in [0, 0.05) is 41.1 Å². The topological polar surface area (TPSA) is 71.3 Å². The summed E-state index contributed by atoms with van der Waals surface area (Å²) in [6.07, 6.45) is 5.19. The minimum atomic E-state index is -0.352. The number of hydroxylamine groups is 1. The molecular formula is C23H32Cl2N2O3. The van der Waals surface area contributed by atoms with E-state index in [9.17, 15) is 9.59 Å². The van der Waals surface area contributed by atoms with Crippen LogP contribution in [0.25, 0.3) is 10.9 Å². The summed E-state index contributed by atoms with van der Waals surface area (Å²) in [6, 6.07) is 3.58. The Balaban J connectivity index is 0.00000155. The Hall–Kier alpha value is -1.56. The lowest BCUT2D eigenvalue weighted by Crippen LogP contribution is -2.28. The number of nitrogens with zero attached hydrogens (tertiary/aromatic N) is 1. The Morgan fingerprint density at radius 1 is 1.13 bits per heavy atom. The lowest BCUT2D eigenvalue weighted by atomic mass is 9.75. The van der Waals surface area contributed by atoms with Gasteiger partial charge in [0.25, 0.3) is 0 Å². The van der Waals surface area contributed by atoms with Crippen LogP contribution in [-0.2, 0) is 17.8 Å². The summed E-state index contributed by atoms with van der Waals surface area (Å²) in [6.45, 7) is 9.01. The van der Waals surface area contributed by atoms with Crippen LogP contribution in [0.2, 0.25) is 10.0 Å². The molecule has 1 aliphatic carbocycles. The molecule has 3 rings (SSSR count). The molecule has 0 fully saturated rings. The molecule has 1 heterocycles. The molecule has 0 aliphatic heterocycles. The molecule has 2 aromatic rings. The molecule has 1 aromatic heterocycles. The van der Waals surface area contributed by atoms with Crippen LogP contribution in [0.3, 0.4) is 0 Å². The van der Waals surface area contributed by atoms with Crippen molar-refractivity contribution < 1.29 is 14.8 Å². The molecular weight excluding hydrogens is 423 g/mol. The number of amides is 1. The van der Waals surface area contributed by atoms with Gasteiger partial charge in [-0.2, -0.15) is 0 Å². The number of carbonyl (C=O) groups excluding carboxylic acids is 2. The molecule has 0 spiro atoms. The zero-order valence-corrected chi connectivity index (χ0v) is 19.8. The van der Waals surface area contributed by atoms with Crippen LogP contribution in [-0.4, -0.2) is 21.5 Å². The van der Waals surface area contributed by atoms with E-state index in [0.717, 1.165) is 60.8 Å². The van der Waals surface area contributed by atoms with Gasteiger partial charge in [0.2, 0.25) is 5.91 Å². The highest BCUT2D eigenvalue weighted by atomic mass is 35.5. The Kier molecular flexibility index (Phi) is 8.77. The van der Waals surface area contributed by atoms with Gasteiger partial charge in [-0.1, -0.05) is 63.7 Å². The van der Waals surface area contributed by atoms with Crippen molar-refractivity contribution in [3.63, 3.8) is 0 Å². The van der Waals surface area contributed by atoms with E-state index in [1.54, 1.807) is 11.5 Å². The van der Waals surface area contributed by atoms with Gasteiger partial charge in [-0.25, -0.2) is 5.48 Å². The van der Waals surface area contributed by atoms with Gasteiger partial charge in [-0.3, -0.25) is 14.8 Å². The predicted molar refractivity (Wildman–Crippen MR) is 123 cm³/mol. The Bertz CT molecular complexity index is 919. The lowest BCUT2D eigenvalue weighted by molar-refractivity contribution is -0.129. The highest BCUT2D eigenvalue weighted by molar-refractivity contribution is 6.39. The van der Waals surface area contributed by atoms with Crippen molar-refractivity contribution in [2.24, 2.45) is 5.41 Å². The van der Waals surface area contributed by atoms with E-state index in [1.165, 1.54) is 0 Å². The summed E-state index contributed by atoms with van der Waals surface area (Å²) >= 11 is 12.8. The van der Waals surface area contributed by atoms with Crippen LogP contribution in [0.4, 0.5) is 0 Å². The van der Waals surface area contributed by atoms with E-state index >= 15 is 0 Å². The third-order valence-electron chi connectivity index (χ3n) is 5.41. The predicted octanol–water partition coefficient (Wildman–Crippen LogP) is 6.59. The molecule has 166 valence electrons. The maximum Gasteiger partial charge on any atom is 0.243 e. The van der Waals surface area contributed by atoms with Gasteiger partial charge in [0.1, 0.15) is 0 Å². The summed E-state index contributed by atoms with van der Waals surface area (Å²) in [7, 11) is 0. The fraction of sp³-hybridized carbons (Fsp3) is 0.565. The standard InChI is InChI=1S/C21H26Cl2N2O3.C2H6/c1-21(2)11-16-19(17(26)12-21)14-9-13(22)10-15(23)20(14)25(16)8-6-4-3-5-7-18(27)24-28;1-2/h9-10,28H,3-8,11-12H2,1-2H3,(H,24,27);1-2H3. The first-order valence-corrected chi connectivity index (χ1v) is 11.5. The van der Waals surface area contributed by atoms with Gasteiger partial charge in [0.15, 0.2) is 5.78 Å².